The van der Waals surface area contributed by atoms with Crippen molar-refractivity contribution in [2.45, 2.75) is 19.3 Å². The van der Waals surface area contributed by atoms with Gasteiger partial charge in [-0.1, -0.05) is 40.5 Å². The Balaban J connectivity index is 1.55. The summed E-state index contributed by atoms with van der Waals surface area (Å²) in [6.45, 7) is 0. The van der Waals surface area contributed by atoms with Crippen molar-refractivity contribution in [2.24, 2.45) is 0 Å². The summed E-state index contributed by atoms with van der Waals surface area (Å²) in [5.41, 5.74) is 2.29. The number of carbonyl (C=O) groups is 1. The van der Waals surface area contributed by atoms with Gasteiger partial charge in [0.15, 0.2) is 5.82 Å². The standard InChI is InChI=1S/C17H14Cl2N4O3/c18-13-8-20-9-14(19)12(13)5-6-16(24)21-11-3-1-10(2-4-11)7-15-22-17(25)26-23-15/h1-4,8-9H,5-7H2,(H,21,24)(H,22,23,25). The quantitative estimate of drug-likeness (QED) is 0.670. The third-order valence-corrected chi connectivity index (χ3v) is 4.30. The van der Waals surface area contributed by atoms with Gasteiger partial charge in [0.1, 0.15) is 0 Å². The molecule has 0 fully saturated rings. The lowest BCUT2D eigenvalue weighted by Crippen LogP contribution is -2.12. The van der Waals surface area contributed by atoms with E-state index in [1.54, 1.807) is 12.1 Å². The van der Waals surface area contributed by atoms with Crippen LogP contribution in [0.1, 0.15) is 23.4 Å². The highest BCUT2D eigenvalue weighted by atomic mass is 35.5. The number of aromatic amines is 1. The molecule has 26 heavy (non-hydrogen) atoms. The Morgan fingerprint density at radius 2 is 1.85 bits per heavy atom. The van der Waals surface area contributed by atoms with Crippen molar-refractivity contribution in [3.05, 3.63) is 74.2 Å². The van der Waals surface area contributed by atoms with Gasteiger partial charge in [-0.2, -0.15) is 0 Å². The Bertz CT molecular complexity index is 946. The number of aromatic nitrogens is 3. The number of hydrogen-bond acceptors (Lipinski definition) is 5. The van der Waals surface area contributed by atoms with Crippen LogP contribution in [0.5, 0.6) is 0 Å². The maximum Gasteiger partial charge on any atom is 0.438 e. The van der Waals surface area contributed by atoms with E-state index in [0.29, 0.717) is 40.0 Å². The zero-order chi connectivity index (χ0) is 18.5. The Morgan fingerprint density at radius 1 is 1.15 bits per heavy atom. The summed E-state index contributed by atoms with van der Waals surface area (Å²) in [4.78, 5) is 29.4. The van der Waals surface area contributed by atoms with E-state index in [2.05, 4.69) is 25.0 Å². The Labute approximate surface area is 158 Å². The Hall–Kier alpha value is -2.64. The number of H-pyrrole nitrogens is 1. The van der Waals surface area contributed by atoms with Gasteiger partial charge in [0.05, 0.1) is 10.0 Å². The summed E-state index contributed by atoms with van der Waals surface area (Å²) >= 11 is 12.1. The zero-order valence-corrected chi connectivity index (χ0v) is 15.0. The van der Waals surface area contributed by atoms with Crippen LogP contribution < -0.4 is 11.1 Å². The van der Waals surface area contributed by atoms with Gasteiger partial charge in [0, 0.05) is 30.9 Å². The van der Waals surface area contributed by atoms with Crippen molar-refractivity contribution >= 4 is 34.8 Å². The van der Waals surface area contributed by atoms with Crippen molar-refractivity contribution in [1.82, 2.24) is 15.1 Å². The zero-order valence-electron chi connectivity index (χ0n) is 13.5. The summed E-state index contributed by atoms with van der Waals surface area (Å²) in [7, 11) is 0. The first-order chi connectivity index (χ1) is 12.5. The average Bonchev–Trinajstić information content (AvgIpc) is 3.01. The Kier molecular flexibility index (Phi) is 5.70. The van der Waals surface area contributed by atoms with E-state index in [1.807, 2.05) is 12.1 Å². The van der Waals surface area contributed by atoms with E-state index >= 15 is 0 Å². The smallest absolute Gasteiger partial charge is 0.326 e. The van der Waals surface area contributed by atoms with E-state index in [-0.39, 0.29) is 12.3 Å². The maximum atomic E-state index is 12.1. The molecule has 1 aromatic carbocycles. The summed E-state index contributed by atoms with van der Waals surface area (Å²) in [5, 5.41) is 7.31. The molecule has 0 aliphatic heterocycles. The number of pyridine rings is 1. The molecule has 0 bridgehead atoms. The molecule has 2 aromatic heterocycles. The normalized spacial score (nSPS) is 10.7. The Morgan fingerprint density at radius 3 is 2.46 bits per heavy atom. The molecule has 0 atom stereocenters. The van der Waals surface area contributed by atoms with Crippen LogP contribution in [0.15, 0.2) is 46.0 Å². The van der Waals surface area contributed by atoms with Crippen LogP contribution in [0.4, 0.5) is 5.69 Å². The third kappa shape index (κ3) is 4.71. The molecular weight excluding hydrogens is 379 g/mol. The average molecular weight is 393 g/mol. The summed E-state index contributed by atoms with van der Waals surface area (Å²) in [6, 6.07) is 7.22. The molecule has 3 aromatic rings. The largest absolute Gasteiger partial charge is 0.438 e. The lowest BCUT2D eigenvalue weighted by atomic mass is 10.1. The number of benzene rings is 1. The van der Waals surface area contributed by atoms with Crippen LogP contribution in [-0.4, -0.2) is 21.0 Å². The molecule has 0 saturated heterocycles. The summed E-state index contributed by atoms with van der Waals surface area (Å²) < 4.78 is 4.45. The van der Waals surface area contributed by atoms with Gasteiger partial charge in [-0.05, 0) is 29.7 Å². The first-order valence-corrected chi connectivity index (χ1v) is 8.48. The fourth-order valence-electron chi connectivity index (χ4n) is 2.37. The van der Waals surface area contributed by atoms with Gasteiger partial charge in [0.25, 0.3) is 0 Å². The van der Waals surface area contributed by atoms with Crippen molar-refractivity contribution in [3.63, 3.8) is 0 Å². The lowest BCUT2D eigenvalue weighted by molar-refractivity contribution is -0.116. The minimum Gasteiger partial charge on any atom is -0.326 e. The minimum absolute atomic E-state index is 0.150. The summed E-state index contributed by atoms with van der Waals surface area (Å²) in [6.07, 6.45) is 4.09. The highest BCUT2D eigenvalue weighted by molar-refractivity contribution is 6.35. The first-order valence-electron chi connectivity index (χ1n) is 7.73. The first kappa shape index (κ1) is 18.2. The molecule has 2 heterocycles. The number of amides is 1. The SMILES string of the molecule is O=C(CCc1c(Cl)cncc1Cl)Nc1ccc(Cc2noc(=O)[nH]2)cc1. The molecule has 3 rings (SSSR count). The van der Waals surface area contributed by atoms with Gasteiger partial charge in [-0.15, -0.1) is 0 Å². The predicted molar refractivity (Wildman–Crippen MR) is 97.6 cm³/mol. The van der Waals surface area contributed by atoms with Crippen molar-refractivity contribution < 1.29 is 9.32 Å². The lowest BCUT2D eigenvalue weighted by Gasteiger charge is -2.08. The van der Waals surface area contributed by atoms with E-state index in [4.69, 9.17) is 23.2 Å². The molecular formula is C17H14Cl2N4O3. The van der Waals surface area contributed by atoms with Gasteiger partial charge < -0.3 is 5.32 Å². The van der Waals surface area contributed by atoms with Crippen molar-refractivity contribution in [1.29, 1.82) is 0 Å². The van der Waals surface area contributed by atoms with Gasteiger partial charge >= 0.3 is 5.76 Å². The number of nitrogens with one attached hydrogen (secondary N) is 2. The minimum atomic E-state index is -0.585. The second-order valence-corrected chi connectivity index (χ2v) is 6.36. The molecule has 0 radical (unpaired) electrons. The molecule has 7 nitrogen and oxygen atoms in total. The molecule has 0 unspecified atom stereocenters. The van der Waals surface area contributed by atoms with E-state index < -0.39 is 5.76 Å². The molecule has 0 aliphatic carbocycles. The van der Waals surface area contributed by atoms with Gasteiger partial charge in [-0.3, -0.25) is 19.3 Å². The van der Waals surface area contributed by atoms with Crippen LogP contribution in [-0.2, 0) is 17.6 Å². The molecule has 9 heteroatoms. The number of rotatable bonds is 6. The molecule has 0 saturated carbocycles. The highest BCUT2D eigenvalue weighted by Gasteiger charge is 2.10. The summed E-state index contributed by atoms with van der Waals surface area (Å²) in [5.74, 6) is -0.293. The molecule has 0 aliphatic rings. The second kappa shape index (κ2) is 8.16. The van der Waals surface area contributed by atoms with Crippen molar-refractivity contribution in [2.75, 3.05) is 5.32 Å². The second-order valence-electron chi connectivity index (χ2n) is 5.55. The van der Waals surface area contributed by atoms with Gasteiger partial charge in [-0.25, -0.2) is 4.79 Å². The number of nitrogens with zero attached hydrogens (tertiary/aromatic N) is 2. The fourth-order valence-corrected chi connectivity index (χ4v) is 2.93. The number of halogens is 2. The maximum absolute atomic E-state index is 12.1. The van der Waals surface area contributed by atoms with Crippen LogP contribution in [0.3, 0.4) is 0 Å². The van der Waals surface area contributed by atoms with E-state index in [9.17, 15) is 9.59 Å². The van der Waals surface area contributed by atoms with Gasteiger partial charge in [0.2, 0.25) is 5.91 Å². The number of hydrogen-bond donors (Lipinski definition) is 2. The molecule has 1 amide bonds. The molecule has 134 valence electrons. The number of anilines is 1. The number of carbonyl (C=O) groups excluding carboxylic acids is 1. The molecule has 2 N–H and O–H groups in total. The van der Waals surface area contributed by atoms with Crippen LogP contribution >= 0.6 is 23.2 Å². The van der Waals surface area contributed by atoms with Crippen LogP contribution in [0.2, 0.25) is 10.0 Å². The fraction of sp³-hybridized carbons (Fsp3) is 0.176. The molecule has 0 spiro atoms. The van der Waals surface area contributed by atoms with Crippen molar-refractivity contribution in [3.8, 4) is 0 Å². The monoisotopic (exact) mass is 392 g/mol. The third-order valence-electron chi connectivity index (χ3n) is 3.65. The highest BCUT2D eigenvalue weighted by Crippen LogP contribution is 2.24. The van der Waals surface area contributed by atoms with E-state index in [1.165, 1.54) is 12.4 Å². The van der Waals surface area contributed by atoms with E-state index in [0.717, 1.165) is 5.56 Å². The predicted octanol–water partition coefficient (Wildman–Crippen LogP) is 3.23. The van der Waals surface area contributed by atoms with Crippen LogP contribution in [0.25, 0.3) is 0 Å². The van der Waals surface area contributed by atoms with Crippen LogP contribution in [0, 0.1) is 0 Å². The topological polar surface area (TPSA) is 101 Å².